The number of nitrogens with one attached hydrogen (secondary N) is 1. The van der Waals surface area contributed by atoms with Gasteiger partial charge in [-0.3, -0.25) is 4.79 Å². The molecule has 0 radical (unpaired) electrons. The molecule has 0 aliphatic rings. The Morgan fingerprint density at radius 3 is 2.64 bits per heavy atom. The van der Waals surface area contributed by atoms with Crippen LogP contribution >= 0.6 is 0 Å². The fourth-order valence-corrected chi connectivity index (χ4v) is 3.01. The molecule has 130 valence electrons. The van der Waals surface area contributed by atoms with Crippen molar-refractivity contribution in [1.82, 2.24) is 14.7 Å². The van der Waals surface area contributed by atoms with E-state index in [4.69, 9.17) is 5.14 Å². The molecule has 0 fully saturated rings. The van der Waals surface area contributed by atoms with Crippen LogP contribution in [0.4, 0.5) is 0 Å². The van der Waals surface area contributed by atoms with Gasteiger partial charge in [-0.05, 0) is 29.8 Å². The van der Waals surface area contributed by atoms with Crippen LogP contribution in [-0.4, -0.2) is 23.7 Å². The van der Waals surface area contributed by atoms with Gasteiger partial charge >= 0.3 is 0 Å². The van der Waals surface area contributed by atoms with Crippen molar-refractivity contribution in [3.05, 3.63) is 66.2 Å². The summed E-state index contributed by atoms with van der Waals surface area (Å²) in [5.74, 6) is 0.742. The number of imidazole rings is 1. The highest BCUT2D eigenvalue weighted by atomic mass is 32.2. The number of nitrogens with two attached hydrogens (primary N) is 1. The summed E-state index contributed by atoms with van der Waals surface area (Å²) in [5.41, 5.74) is 1.79. The van der Waals surface area contributed by atoms with Crippen molar-refractivity contribution >= 4 is 21.4 Å². The van der Waals surface area contributed by atoms with Gasteiger partial charge in [-0.25, -0.2) is 18.5 Å². The molecule has 0 atom stereocenters. The average Bonchev–Trinajstić information content (AvgIpc) is 3.01. The summed E-state index contributed by atoms with van der Waals surface area (Å²) in [6.07, 6.45) is 4.56. The molecule has 3 N–H and O–H groups in total. The van der Waals surface area contributed by atoms with Crippen molar-refractivity contribution in [3.8, 4) is 0 Å². The molecule has 3 rings (SSSR count). The quantitative estimate of drug-likeness (QED) is 0.691. The van der Waals surface area contributed by atoms with Crippen LogP contribution in [0.3, 0.4) is 0 Å². The topological polar surface area (TPSA) is 107 Å². The van der Waals surface area contributed by atoms with Crippen molar-refractivity contribution < 1.29 is 13.2 Å². The lowest BCUT2D eigenvalue weighted by molar-refractivity contribution is -0.121. The van der Waals surface area contributed by atoms with Crippen LogP contribution in [-0.2, 0) is 27.8 Å². The van der Waals surface area contributed by atoms with E-state index in [1.807, 2.05) is 28.8 Å². The zero-order chi connectivity index (χ0) is 17.9. The van der Waals surface area contributed by atoms with Crippen LogP contribution in [0.1, 0.15) is 17.8 Å². The summed E-state index contributed by atoms with van der Waals surface area (Å²) >= 11 is 0. The van der Waals surface area contributed by atoms with Gasteiger partial charge in [-0.15, -0.1) is 0 Å². The molecule has 25 heavy (non-hydrogen) atoms. The van der Waals surface area contributed by atoms with Crippen molar-refractivity contribution in [2.45, 2.75) is 24.3 Å². The number of carbonyl (C=O) groups is 1. The third kappa shape index (κ3) is 4.23. The van der Waals surface area contributed by atoms with E-state index < -0.39 is 10.0 Å². The molecule has 2 aromatic heterocycles. The van der Waals surface area contributed by atoms with E-state index in [-0.39, 0.29) is 10.8 Å². The van der Waals surface area contributed by atoms with Crippen LogP contribution in [0.25, 0.3) is 5.52 Å². The number of carbonyl (C=O) groups excluding carboxylic acids is 1. The molecule has 0 saturated heterocycles. The molecule has 0 aliphatic heterocycles. The van der Waals surface area contributed by atoms with Gasteiger partial charge in [-0.1, -0.05) is 18.2 Å². The number of aryl methyl sites for hydroxylation is 1. The molecule has 3 aromatic rings. The molecule has 0 spiro atoms. The first-order valence-corrected chi connectivity index (χ1v) is 9.27. The van der Waals surface area contributed by atoms with Crippen LogP contribution in [0.2, 0.25) is 0 Å². The molecule has 0 bridgehead atoms. The van der Waals surface area contributed by atoms with Gasteiger partial charge in [0, 0.05) is 25.6 Å². The molecule has 2 heterocycles. The third-order valence-electron chi connectivity index (χ3n) is 3.83. The second-order valence-corrected chi connectivity index (χ2v) is 7.20. The maximum absolute atomic E-state index is 12.0. The summed E-state index contributed by atoms with van der Waals surface area (Å²) in [6, 6.07) is 11.9. The average molecular weight is 358 g/mol. The van der Waals surface area contributed by atoms with Crippen molar-refractivity contribution in [2.75, 3.05) is 0 Å². The lowest BCUT2D eigenvalue weighted by Gasteiger charge is -2.06. The maximum Gasteiger partial charge on any atom is 0.238 e. The summed E-state index contributed by atoms with van der Waals surface area (Å²) < 4.78 is 24.4. The smallest absolute Gasteiger partial charge is 0.238 e. The highest BCUT2D eigenvalue weighted by molar-refractivity contribution is 7.89. The van der Waals surface area contributed by atoms with E-state index in [0.29, 0.717) is 19.4 Å². The predicted octanol–water partition coefficient (Wildman–Crippen LogP) is 1.23. The Morgan fingerprint density at radius 1 is 1.16 bits per heavy atom. The van der Waals surface area contributed by atoms with Gasteiger partial charge in [-0.2, -0.15) is 0 Å². The SMILES string of the molecule is NS(=O)(=O)c1ccc(CNC(=O)CCc2ncc3ccccn23)cc1. The monoisotopic (exact) mass is 358 g/mol. The molecule has 0 unspecified atom stereocenters. The Balaban J connectivity index is 1.53. The van der Waals surface area contributed by atoms with Gasteiger partial charge in [0.2, 0.25) is 15.9 Å². The first-order chi connectivity index (χ1) is 11.9. The van der Waals surface area contributed by atoms with E-state index in [1.54, 1.807) is 18.3 Å². The fraction of sp³-hybridized carbons (Fsp3) is 0.176. The van der Waals surface area contributed by atoms with Gasteiger partial charge < -0.3 is 9.72 Å². The summed E-state index contributed by atoms with van der Waals surface area (Å²) in [6.45, 7) is 0.325. The minimum Gasteiger partial charge on any atom is -0.352 e. The van der Waals surface area contributed by atoms with Crippen molar-refractivity contribution in [2.24, 2.45) is 5.14 Å². The normalized spacial score (nSPS) is 11.6. The predicted molar refractivity (Wildman–Crippen MR) is 93.2 cm³/mol. The minimum atomic E-state index is -3.70. The number of aromatic nitrogens is 2. The van der Waals surface area contributed by atoms with Crippen LogP contribution < -0.4 is 10.5 Å². The van der Waals surface area contributed by atoms with Gasteiger partial charge in [0.1, 0.15) is 5.82 Å². The van der Waals surface area contributed by atoms with E-state index >= 15 is 0 Å². The molecule has 1 amide bonds. The number of fused-ring (bicyclic) bond motifs is 1. The zero-order valence-electron chi connectivity index (χ0n) is 13.4. The molecular formula is C17H18N4O3S. The van der Waals surface area contributed by atoms with Gasteiger partial charge in [0.25, 0.3) is 0 Å². The molecule has 8 heteroatoms. The molecule has 1 aromatic carbocycles. The van der Waals surface area contributed by atoms with E-state index in [1.165, 1.54) is 12.1 Å². The Bertz CT molecular complexity index is 994. The van der Waals surface area contributed by atoms with E-state index in [9.17, 15) is 13.2 Å². The number of nitrogens with zero attached hydrogens (tertiary/aromatic N) is 2. The molecule has 0 aliphatic carbocycles. The number of pyridine rings is 1. The second kappa shape index (κ2) is 7.04. The first-order valence-electron chi connectivity index (χ1n) is 7.73. The lowest BCUT2D eigenvalue weighted by atomic mass is 10.2. The van der Waals surface area contributed by atoms with Crippen molar-refractivity contribution in [1.29, 1.82) is 0 Å². The zero-order valence-corrected chi connectivity index (χ0v) is 14.2. The first kappa shape index (κ1) is 17.1. The van der Waals surface area contributed by atoms with Crippen LogP contribution in [0, 0.1) is 0 Å². The van der Waals surface area contributed by atoms with Crippen molar-refractivity contribution in [3.63, 3.8) is 0 Å². The number of amides is 1. The van der Waals surface area contributed by atoms with E-state index in [2.05, 4.69) is 10.3 Å². The molecule has 0 saturated carbocycles. The highest BCUT2D eigenvalue weighted by Gasteiger charge is 2.09. The minimum absolute atomic E-state index is 0.0498. The number of benzene rings is 1. The third-order valence-corrected chi connectivity index (χ3v) is 4.76. The van der Waals surface area contributed by atoms with Crippen LogP contribution in [0.5, 0.6) is 0 Å². The Morgan fingerprint density at radius 2 is 1.92 bits per heavy atom. The van der Waals surface area contributed by atoms with Gasteiger partial charge in [0.15, 0.2) is 0 Å². The number of primary sulfonamides is 1. The summed E-state index contributed by atoms with van der Waals surface area (Å²) in [5, 5.41) is 7.86. The lowest BCUT2D eigenvalue weighted by Crippen LogP contribution is -2.23. The van der Waals surface area contributed by atoms with Crippen LogP contribution in [0.15, 0.2) is 59.8 Å². The second-order valence-electron chi connectivity index (χ2n) is 5.64. The van der Waals surface area contributed by atoms with Gasteiger partial charge in [0.05, 0.1) is 16.6 Å². The number of hydrogen-bond acceptors (Lipinski definition) is 4. The molecule has 7 nitrogen and oxygen atoms in total. The maximum atomic E-state index is 12.0. The Kier molecular flexibility index (Phi) is 4.82. The Hall–Kier alpha value is -2.71. The highest BCUT2D eigenvalue weighted by Crippen LogP contribution is 2.10. The summed E-state index contributed by atoms with van der Waals surface area (Å²) in [4.78, 5) is 16.4. The Labute approximate surface area is 145 Å². The summed E-state index contributed by atoms with van der Waals surface area (Å²) in [7, 11) is -3.70. The number of rotatable bonds is 6. The van der Waals surface area contributed by atoms with E-state index in [0.717, 1.165) is 16.9 Å². The number of hydrogen-bond donors (Lipinski definition) is 2. The molecular weight excluding hydrogens is 340 g/mol. The number of sulfonamides is 1. The fourth-order valence-electron chi connectivity index (χ4n) is 2.50. The largest absolute Gasteiger partial charge is 0.352 e. The standard InChI is InChI=1S/C17H18N4O3S/c18-25(23,24)15-6-4-13(5-7-15)11-20-17(22)9-8-16-19-12-14-3-1-2-10-21(14)16/h1-7,10,12H,8-9,11H2,(H,20,22)(H2,18,23,24).